The number of hydrogen-bond donors (Lipinski definition) is 0. The first-order chi connectivity index (χ1) is 15.3. The van der Waals surface area contributed by atoms with Crippen molar-refractivity contribution in [1.82, 2.24) is 4.98 Å². The minimum Gasteiger partial charge on any atom is -0.497 e. The molecule has 0 N–H and O–H groups in total. The van der Waals surface area contributed by atoms with Gasteiger partial charge in [0.1, 0.15) is 5.75 Å². The molecular weight excluding hydrogens is 444 g/mol. The van der Waals surface area contributed by atoms with Crippen LogP contribution >= 0.6 is 11.3 Å². The van der Waals surface area contributed by atoms with Gasteiger partial charge in [0.2, 0.25) is 0 Å². The van der Waals surface area contributed by atoms with Crippen LogP contribution in [0.1, 0.15) is 21.5 Å². The van der Waals surface area contributed by atoms with Crippen molar-refractivity contribution in [3.05, 3.63) is 89.5 Å². The topological polar surface area (TPSA) is 76.6 Å². The first-order valence-corrected chi connectivity index (χ1v) is 12.8. The first kappa shape index (κ1) is 22.0. The first-order valence-electron chi connectivity index (χ1n) is 9.89. The highest BCUT2D eigenvalue weighted by Crippen LogP contribution is 2.33. The highest BCUT2D eigenvalue weighted by atomic mass is 32.2. The fourth-order valence-corrected chi connectivity index (χ4v) is 5.16. The van der Waals surface area contributed by atoms with Gasteiger partial charge < -0.3 is 4.74 Å². The molecular formula is C24H22N2O4S2. The summed E-state index contributed by atoms with van der Waals surface area (Å²) in [5.74, 6) is 0.366. The van der Waals surface area contributed by atoms with Crippen LogP contribution in [0.2, 0.25) is 0 Å². The Morgan fingerprint density at radius 3 is 2.47 bits per heavy atom. The van der Waals surface area contributed by atoms with E-state index in [1.807, 2.05) is 48.5 Å². The van der Waals surface area contributed by atoms with Gasteiger partial charge in [-0.25, -0.2) is 13.4 Å². The molecule has 164 valence electrons. The number of amides is 1. The van der Waals surface area contributed by atoms with E-state index in [0.29, 0.717) is 22.8 Å². The Labute approximate surface area is 191 Å². The predicted molar refractivity (Wildman–Crippen MR) is 128 cm³/mol. The minimum atomic E-state index is -3.21. The summed E-state index contributed by atoms with van der Waals surface area (Å²) < 4.78 is 29.7. The number of ether oxygens (including phenoxy) is 1. The van der Waals surface area contributed by atoms with E-state index in [2.05, 4.69) is 4.98 Å². The van der Waals surface area contributed by atoms with Gasteiger partial charge in [-0.15, -0.1) is 0 Å². The molecule has 0 saturated carbocycles. The third kappa shape index (κ3) is 5.15. The number of carbonyl (C=O) groups is 1. The number of hydrogen-bond acceptors (Lipinski definition) is 6. The van der Waals surface area contributed by atoms with Gasteiger partial charge in [0.05, 0.1) is 29.6 Å². The van der Waals surface area contributed by atoms with Crippen LogP contribution < -0.4 is 9.64 Å². The zero-order valence-electron chi connectivity index (χ0n) is 17.7. The molecule has 32 heavy (non-hydrogen) atoms. The molecule has 0 radical (unpaired) electrons. The summed E-state index contributed by atoms with van der Waals surface area (Å²) in [5.41, 5.74) is 2.73. The highest BCUT2D eigenvalue weighted by molar-refractivity contribution is 7.89. The lowest BCUT2D eigenvalue weighted by Gasteiger charge is -2.20. The van der Waals surface area contributed by atoms with Gasteiger partial charge in [0.15, 0.2) is 15.0 Å². The van der Waals surface area contributed by atoms with Crippen molar-refractivity contribution in [2.24, 2.45) is 0 Å². The van der Waals surface area contributed by atoms with Crippen LogP contribution in [-0.2, 0) is 22.1 Å². The molecule has 0 aliphatic carbocycles. The maximum absolute atomic E-state index is 13.6. The number of anilines is 1. The van der Waals surface area contributed by atoms with Crippen molar-refractivity contribution in [2.45, 2.75) is 12.3 Å². The number of rotatable bonds is 7. The van der Waals surface area contributed by atoms with Crippen molar-refractivity contribution in [3.63, 3.8) is 0 Å². The fraction of sp³-hybridized carbons (Fsp3) is 0.167. The monoisotopic (exact) mass is 466 g/mol. The van der Waals surface area contributed by atoms with Crippen LogP contribution in [-0.4, -0.2) is 32.7 Å². The van der Waals surface area contributed by atoms with Crippen LogP contribution in [0.5, 0.6) is 5.75 Å². The lowest BCUT2D eigenvalue weighted by molar-refractivity contribution is 0.0985. The number of methoxy groups -OCH3 is 1. The largest absolute Gasteiger partial charge is 0.497 e. The second-order valence-electron chi connectivity index (χ2n) is 7.48. The lowest BCUT2D eigenvalue weighted by atomic mass is 10.1. The molecule has 0 bridgehead atoms. The molecule has 4 aromatic rings. The summed E-state index contributed by atoms with van der Waals surface area (Å²) in [6.45, 7) is 0.340. The summed E-state index contributed by atoms with van der Waals surface area (Å²) >= 11 is 1.41. The Kier molecular flexibility index (Phi) is 6.25. The van der Waals surface area contributed by atoms with E-state index in [9.17, 15) is 13.2 Å². The SMILES string of the molecule is COc1ccc2nc(N(Cc3ccccc3)C(=O)c3cccc(CS(C)(=O)=O)c3)sc2c1. The number of nitrogens with zero attached hydrogens (tertiary/aromatic N) is 2. The third-order valence-electron chi connectivity index (χ3n) is 4.85. The molecule has 1 heterocycles. The van der Waals surface area contributed by atoms with Gasteiger partial charge in [0.25, 0.3) is 5.91 Å². The van der Waals surface area contributed by atoms with Crippen molar-refractivity contribution >= 4 is 42.4 Å². The smallest absolute Gasteiger partial charge is 0.260 e. The van der Waals surface area contributed by atoms with Crippen LogP contribution in [0.3, 0.4) is 0 Å². The molecule has 1 amide bonds. The zero-order valence-corrected chi connectivity index (χ0v) is 19.3. The maximum Gasteiger partial charge on any atom is 0.260 e. The Morgan fingerprint density at radius 1 is 1.00 bits per heavy atom. The van der Waals surface area contributed by atoms with E-state index in [1.165, 1.54) is 17.6 Å². The average molecular weight is 467 g/mol. The van der Waals surface area contributed by atoms with Gasteiger partial charge in [-0.05, 0) is 41.5 Å². The average Bonchev–Trinajstić information content (AvgIpc) is 3.19. The quantitative estimate of drug-likeness (QED) is 0.395. The molecule has 0 atom stereocenters. The molecule has 0 unspecified atom stereocenters. The summed E-state index contributed by atoms with van der Waals surface area (Å²) in [5, 5.41) is 0.565. The Hall–Kier alpha value is -3.23. The third-order valence-corrected chi connectivity index (χ3v) is 6.75. The number of aromatic nitrogens is 1. The van der Waals surface area contributed by atoms with E-state index in [0.717, 1.165) is 21.5 Å². The molecule has 4 rings (SSSR count). The predicted octanol–water partition coefficient (Wildman–Crippen LogP) is 4.70. The van der Waals surface area contributed by atoms with Crippen molar-refractivity contribution < 1.29 is 17.9 Å². The van der Waals surface area contributed by atoms with E-state index in [-0.39, 0.29) is 11.7 Å². The van der Waals surface area contributed by atoms with Gasteiger partial charge in [-0.3, -0.25) is 9.69 Å². The normalized spacial score (nSPS) is 11.4. The second kappa shape index (κ2) is 9.10. The molecule has 8 heteroatoms. The Bertz CT molecular complexity index is 1370. The molecule has 0 fully saturated rings. The van der Waals surface area contributed by atoms with Crippen LogP contribution in [0, 0.1) is 0 Å². The molecule has 1 aromatic heterocycles. The number of thiazole rings is 1. The number of carbonyl (C=O) groups excluding carboxylic acids is 1. The van der Waals surface area contributed by atoms with Gasteiger partial charge in [0, 0.05) is 11.8 Å². The molecule has 3 aromatic carbocycles. The van der Waals surface area contributed by atoms with Crippen molar-refractivity contribution in [3.8, 4) is 5.75 Å². The molecule has 0 spiro atoms. The molecule has 0 aliphatic heterocycles. The van der Waals surface area contributed by atoms with E-state index >= 15 is 0 Å². The number of fused-ring (bicyclic) bond motifs is 1. The van der Waals surface area contributed by atoms with Crippen molar-refractivity contribution in [1.29, 1.82) is 0 Å². The number of sulfone groups is 1. The van der Waals surface area contributed by atoms with Gasteiger partial charge in [-0.1, -0.05) is 53.8 Å². The molecule has 0 saturated heterocycles. The highest BCUT2D eigenvalue weighted by Gasteiger charge is 2.22. The number of benzene rings is 3. The summed E-state index contributed by atoms with van der Waals surface area (Å²) in [4.78, 5) is 19.9. The van der Waals surface area contributed by atoms with E-state index in [1.54, 1.807) is 36.3 Å². The summed E-state index contributed by atoms with van der Waals surface area (Å²) in [6, 6.07) is 22.0. The van der Waals surface area contributed by atoms with Crippen molar-refractivity contribution in [2.75, 3.05) is 18.3 Å². The standard InChI is InChI=1S/C24H22N2O4S2/c1-30-20-11-12-21-22(14-20)31-24(25-21)26(15-17-7-4-3-5-8-17)23(27)19-10-6-9-18(13-19)16-32(2,28)29/h3-14H,15-16H2,1-2H3. The van der Waals surface area contributed by atoms with E-state index in [4.69, 9.17) is 4.74 Å². The minimum absolute atomic E-state index is 0.117. The van der Waals surface area contributed by atoms with Crippen LogP contribution in [0.15, 0.2) is 72.8 Å². The summed E-state index contributed by atoms with van der Waals surface area (Å²) in [7, 11) is -1.60. The maximum atomic E-state index is 13.6. The Balaban J connectivity index is 1.74. The second-order valence-corrected chi connectivity index (χ2v) is 10.6. The lowest BCUT2D eigenvalue weighted by Crippen LogP contribution is -2.30. The zero-order chi connectivity index (χ0) is 22.7. The van der Waals surface area contributed by atoms with E-state index < -0.39 is 9.84 Å². The van der Waals surface area contributed by atoms with Crippen LogP contribution in [0.25, 0.3) is 10.2 Å². The van der Waals surface area contributed by atoms with Gasteiger partial charge >= 0.3 is 0 Å². The Morgan fingerprint density at radius 2 is 1.75 bits per heavy atom. The molecule has 6 nitrogen and oxygen atoms in total. The fourth-order valence-electron chi connectivity index (χ4n) is 3.38. The van der Waals surface area contributed by atoms with Crippen LogP contribution in [0.4, 0.5) is 5.13 Å². The molecule has 0 aliphatic rings. The van der Waals surface area contributed by atoms with Gasteiger partial charge in [-0.2, -0.15) is 0 Å². The summed E-state index contributed by atoms with van der Waals surface area (Å²) in [6.07, 6.45) is 1.18.